The predicted molar refractivity (Wildman–Crippen MR) is 73.9 cm³/mol. The van der Waals surface area contributed by atoms with Gasteiger partial charge in [0, 0.05) is 24.0 Å². The van der Waals surface area contributed by atoms with Crippen LogP contribution in [0.25, 0.3) is 0 Å². The second-order valence-electron chi connectivity index (χ2n) is 3.92. The summed E-state index contributed by atoms with van der Waals surface area (Å²) in [4.78, 5) is 19.5. The molecule has 5 nitrogen and oxygen atoms in total. The SMILES string of the molecule is Nc1nccnc1C(=O)NCCc1ccc(Cl)cc1. The van der Waals surface area contributed by atoms with Gasteiger partial charge in [-0.1, -0.05) is 23.7 Å². The van der Waals surface area contributed by atoms with Gasteiger partial charge in [0.25, 0.3) is 5.91 Å². The molecular formula is C13H13ClN4O. The van der Waals surface area contributed by atoms with Crippen molar-refractivity contribution in [1.29, 1.82) is 0 Å². The molecule has 0 aliphatic heterocycles. The Bertz CT molecular complexity index is 571. The number of nitrogens with zero attached hydrogens (tertiary/aromatic N) is 2. The maximum atomic E-state index is 11.8. The molecule has 6 heteroatoms. The Kier molecular flexibility index (Phi) is 4.30. The molecule has 3 N–H and O–H groups in total. The van der Waals surface area contributed by atoms with E-state index in [1.165, 1.54) is 12.4 Å². The minimum Gasteiger partial charge on any atom is -0.382 e. The van der Waals surface area contributed by atoms with Crippen LogP contribution >= 0.6 is 11.6 Å². The number of carbonyl (C=O) groups excluding carboxylic acids is 1. The largest absolute Gasteiger partial charge is 0.382 e. The quantitative estimate of drug-likeness (QED) is 0.890. The Balaban J connectivity index is 1.88. The second kappa shape index (κ2) is 6.15. The van der Waals surface area contributed by atoms with Gasteiger partial charge in [-0.15, -0.1) is 0 Å². The van der Waals surface area contributed by atoms with Gasteiger partial charge in [-0.2, -0.15) is 0 Å². The molecule has 0 aliphatic carbocycles. The van der Waals surface area contributed by atoms with E-state index in [9.17, 15) is 4.79 Å². The number of benzene rings is 1. The second-order valence-corrected chi connectivity index (χ2v) is 4.36. The van der Waals surface area contributed by atoms with E-state index in [4.69, 9.17) is 17.3 Å². The molecular weight excluding hydrogens is 264 g/mol. The van der Waals surface area contributed by atoms with Gasteiger partial charge in [0.2, 0.25) is 0 Å². The Labute approximate surface area is 115 Å². The molecule has 0 unspecified atom stereocenters. The van der Waals surface area contributed by atoms with Gasteiger partial charge in [0.15, 0.2) is 11.5 Å². The van der Waals surface area contributed by atoms with Crippen LogP contribution in [0.3, 0.4) is 0 Å². The molecule has 2 aromatic rings. The highest BCUT2D eigenvalue weighted by molar-refractivity contribution is 6.30. The van der Waals surface area contributed by atoms with E-state index in [2.05, 4.69) is 15.3 Å². The lowest BCUT2D eigenvalue weighted by molar-refractivity contribution is 0.0950. The average molecular weight is 277 g/mol. The summed E-state index contributed by atoms with van der Waals surface area (Å²) in [5, 5.41) is 3.44. The summed E-state index contributed by atoms with van der Waals surface area (Å²) in [5.74, 6) is -0.189. The molecule has 0 saturated carbocycles. The number of amides is 1. The van der Waals surface area contributed by atoms with Crippen molar-refractivity contribution in [3.63, 3.8) is 0 Å². The topological polar surface area (TPSA) is 80.9 Å². The molecule has 0 atom stereocenters. The van der Waals surface area contributed by atoms with Gasteiger partial charge in [0.05, 0.1) is 0 Å². The first-order valence-electron chi connectivity index (χ1n) is 5.76. The first kappa shape index (κ1) is 13.3. The Hall–Kier alpha value is -2.14. The summed E-state index contributed by atoms with van der Waals surface area (Å²) in [6.45, 7) is 0.497. The van der Waals surface area contributed by atoms with Crippen LogP contribution in [0, 0.1) is 0 Å². The molecule has 2 rings (SSSR count). The number of nitrogens with two attached hydrogens (primary N) is 1. The van der Waals surface area contributed by atoms with Crippen LogP contribution in [-0.2, 0) is 6.42 Å². The minimum atomic E-state index is -0.320. The maximum absolute atomic E-state index is 11.8. The summed E-state index contributed by atoms with van der Waals surface area (Å²) in [7, 11) is 0. The van der Waals surface area contributed by atoms with E-state index in [0.717, 1.165) is 5.56 Å². The molecule has 1 heterocycles. The third-order valence-electron chi connectivity index (χ3n) is 2.55. The zero-order valence-electron chi connectivity index (χ0n) is 10.1. The van der Waals surface area contributed by atoms with Crippen LogP contribution in [0.4, 0.5) is 5.82 Å². The Morgan fingerprint density at radius 3 is 2.58 bits per heavy atom. The van der Waals surface area contributed by atoms with Crippen molar-refractivity contribution in [2.45, 2.75) is 6.42 Å². The number of hydrogen-bond acceptors (Lipinski definition) is 4. The number of halogens is 1. The van der Waals surface area contributed by atoms with E-state index >= 15 is 0 Å². The van der Waals surface area contributed by atoms with Gasteiger partial charge in [-0.25, -0.2) is 9.97 Å². The molecule has 0 spiro atoms. The number of nitrogen functional groups attached to an aromatic ring is 1. The molecule has 1 amide bonds. The lowest BCUT2D eigenvalue weighted by atomic mass is 10.1. The predicted octanol–water partition coefficient (Wildman–Crippen LogP) is 1.68. The number of hydrogen-bond donors (Lipinski definition) is 2. The monoisotopic (exact) mass is 276 g/mol. The van der Waals surface area contributed by atoms with E-state index in [-0.39, 0.29) is 17.4 Å². The molecule has 0 aliphatic rings. The third-order valence-corrected chi connectivity index (χ3v) is 2.81. The van der Waals surface area contributed by atoms with Crippen molar-refractivity contribution >= 4 is 23.3 Å². The van der Waals surface area contributed by atoms with Crippen molar-refractivity contribution in [2.75, 3.05) is 12.3 Å². The summed E-state index contributed by atoms with van der Waals surface area (Å²) < 4.78 is 0. The first-order chi connectivity index (χ1) is 9.16. The molecule has 0 fully saturated rings. The van der Waals surface area contributed by atoms with Gasteiger partial charge in [-0.05, 0) is 24.1 Å². The van der Waals surface area contributed by atoms with E-state index in [1.807, 2.05) is 24.3 Å². The molecule has 0 bridgehead atoms. The lowest BCUT2D eigenvalue weighted by Crippen LogP contribution is -2.27. The summed E-state index contributed by atoms with van der Waals surface area (Å²) >= 11 is 5.79. The van der Waals surface area contributed by atoms with Crippen molar-refractivity contribution in [3.8, 4) is 0 Å². The lowest BCUT2D eigenvalue weighted by Gasteiger charge is -2.06. The van der Waals surface area contributed by atoms with Gasteiger partial charge in [0.1, 0.15) is 0 Å². The molecule has 1 aromatic carbocycles. The van der Waals surface area contributed by atoms with E-state index in [1.54, 1.807) is 0 Å². The fourth-order valence-electron chi connectivity index (χ4n) is 1.58. The van der Waals surface area contributed by atoms with Crippen molar-refractivity contribution < 1.29 is 4.79 Å². The number of carbonyl (C=O) groups is 1. The van der Waals surface area contributed by atoms with Crippen LogP contribution in [0.15, 0.2) is 36.7 Å². The number of aromatic nitrogens is 2. The number of nitrogens with one attached hydrogen (secondary N) is 1. The zero-order valence-corrected chi connectivity index (χ0v) is 10.9. The molecule has 98 valence electrons. The normalized spacial score (nSPS) is 10.2. The van der Waals surface area contributed by atoms with Crippen molar-refractivity contribution in [1.82, 2.24) is 15.3 Å². The molecule has 19 heavy (non-hydrogen) atoms. The smallest absolute Gasteiger partial charge is 0.273 e. The van der Waals surface area contributed by atoms with E-state index < -0.39 is 0 Å². The van der Waals surface area contributed by atoms with Crippen LogP contribution < -0.4 is 11.1 Å². The fourth-order valence-corrected chi connectivity index (χ4v) is 1.70. The van der Waals surface area contributed by atoms with Crippen molar-refractivity contribution in [3.05, 3.63) is 52.9 Å². The van der Waals surface area contributed by atoms with Crippen LogP contribution in [0.1, 0.15) is 16.1 Å². The minimum absolute atomic E-state index is 0.131. The molecule has 0 saturated heterocycles. The van der Waals surface area contributed by atoms with Crippen LogP contribution in [0.5, 0.6) is 0 Å². The summed E-state index contributed by atoms with van der Waals surface area (Å²) in [6.07, 6.45) is 3.59. The van der Waals surface area contributed by atoms with Gasteiger partial charge >= 0.3 is 0 Å². The van der Waals surface area contributed by atoms with Gasteiger partial charge < -0.3 is 11.1 Å². The zero-order chi connectivity index (χ0) is 13.7. The Morgan fingerprint density at radius 1 is 1.21 bits per heavy atom. The highest BCUT2D eigenvalue weighted by Crippen LogP contribution is 2.09. The van der Waals surface area contributed by atoms with Crippen LogP contribution in [-0.4, -0.2) is 22.4 Å². The van der Waals surface area contributed by atoms with Crippen molar-refractivity contribution in [2.24, 2.45) is 0 Å². The number of anilines is 1. The average Bonchev–Trinajstić information content (AvgIpc) is 2.41. The van der Waals surface area contributed by atoms with Gasteiger partial charge in [-0.3, -0.25) is 4.79 Å². The maximum Gasteiger partial charge on any atom is 0.273 e. The highest BCUT2D eigenvalue weighted by Gasteiger charge is 2.10. The summed E-state index contributed by atoms with van der Waals surface area (Å²) in [6, 6.07) is 7.48. The third kappa shape index (κ3) is 3.66. The highest BCUT2D eigenvalue weighted by atomic mass is 35.5. The first-order valence-corrected chi connectivity index (χ1v) is 6.14. The standard InChI is InChI=1S/C13H13ClN4O/c14-10-3-1-9(2-4-10)5-6-18-13(19)11-12(15)17-8-7-16-11/h1-4,7-8H,5-6H2,(H2,15,17)(H,18,19). The van der Waals surface area contributed by atoms with Crippen LogP contribution in [0.2, 0.25) is 5.02 Å². The van der Waals surface area contributed by atoms with E-state index in [0.29, 0.717) is 18.0 Å². The Morgan fingerprint density at radius 2 is 1.89 bits per heavy atom. The fraction of sp³-hybridized carbons (Fsp3) is 0.154. The molecule has 0 radical (unpaired) electrons. The summed E-state index contributed by atoms with van der Waals surface area (Å²) in [5.41, 5.74) is 6.82. The molecule has 1 aromatic heterocycles. The number of rotatable bonds is 4.